The topological polar surface area (TPSA) is 96.0 Å². The molecule has 1 aromatic heterocycles. The van der Waals surface area contributed by atoms with Gasteiger partial charge in [0.25, 0.3) is 5.91 Å². The van der Waals surface area contributed by atoms with Crippen molar-refractivity contribution >= 4 is 46.4 Å². The Morgan fingerprint density at radius 3 is 2.36 bits per heavy atom. The first-order valence-electron chi connectivity index (χ1n) is 7.50. The molecule has 0 aliphatic heterocycles. The van der Waals surface area contributed by atoms with Crippen molar-refractivity contribution in [1.82, 2.24) is 15.3 Å². The molecule has 1 aromatic carbocycles. The fourth-order valence-corrected chi connectivity index (χ4v) is 2.69. The summed E-state index contributed by atoms with van der Waals surface area (Å²) in [4.78, 5) is 32.0. The fourth-order valence-electron chi connectivity index (χ4n) is 2.11. The van der Waals surface area contributed by atoms with Crippen molar-refractivity contribution in [2.75, 3.05) is 17.7 Å². The second-order valence-electron chi connectivity index (χ2n) is 5.10. The number of aromatic nitrogens is 2. The zero-order valence-corrected chi connectivity index (χ0v) is 15.1. The van der Waals surface area contributed by atoms with Gasteiger partial charge >= 0.3 is 0 Å². The van der Waals surface area contributed by atoms with Crippen LogP contribution >= 0.6 is 23.2 Å². The van der Waals surface area contributed by atoms with Crippen molar-refractivity contribution in [2.45, 2.75) is 19.4 Å². The summed E-state index contributed by atoms with van der Waals surface area (Å²) >= 11 is 12.4. The molecular formula is C16H17Cl2N5O2. The number of anilines is 2. The molecule has 2 aromatic rings. The molecule has 1 unspecified atom stereocenters. The second-order valence-corrected chi connectivity index (χ2v) is 5.91. The van der Waals surface area contributed by atoms with Gasteiger partial charge in [-0.15, -0.1) is 0 Å². The van der Waals surface area contributed by atoms with Crippen molar-refractivity contribution in [3.63, 3.8) is 0 Å². The minimum absolute atomic E-state index is 0.131. The van der Waals surface area contributed by atoms with Crippen LogP contribution in [0.4, 0.5) is 11.4 Å². The number of halogens is 2. The average molecular weight is 382 g/mol. The molecule has 0 radical (unpaired) electrons. The normalized spacial score (nSPS) is 11.7. The van der Waals surface area contributed by atoms with E-state index < -0.39 is 5.91 Å². The van der Waals surface area contributed by atoms with E-state index in [1.165, 1.54) is 30.7 Å². The van der Waals surface area contributed by atoms with Crippen LogP contribution in [0.5, 0.6) is 0 Å². The summed E-state index contributed by atoms with van der Waals surface area (Å²) in [6.07, 6.45) is 4.83. The van der Waals surface area contributed by atoms with Gasteiger partial charge in [-0.1, -0.05) is 30.1 Å². The highest BCUT2D eigenvalue weighted by atomic mass is 35.5. The van der Waals surface area contributed by atoms with Gasteiger partial charge in [0, 0.05) is 18.1 Å². The van der Waals surface area contributed by atoms with Crippen molar-refractivity contribution in [1.29, 1.82) is 0 Å². The molecule has 2 rings (SSSR count). The first-order valence-corrected chi connectivity index (χ1v) is 8.26. The highest BCUT2D eigenvalue weighted by Gasteiger charge is 2.17. The van der Waals surface area contributed by atoms with Gasteiger partial charge in [-0.05, 0) is 25.6 Å². The van der Waals surface area contributed by atoms with Gasteiger partial charge in [0.1, 0.15) is 5.69 Å². The van der Waals surface area contributed by atoms with Gasteiger partial charge in [0.15, 0.2) is 0 Å². The molecule has 0 aliphatic carbocycles. The molecule has 25 heavy (non-hydrogen) atoms. The quantitative estimate of drug-likeness (QED) is 0.714. The molecule has 1 atom stereocenters. The van der Waals surface area contributed by atoms with E-state index >= 15 is 0 Å². The highest BCUT2D eigenvalue weighted by Crippen LogP contribution is 2.34. The summed E-state index contributed by atoms with van der Waals surface area (Å²) in [7, 11) is 1.71. The Labute approximate surface area is 155 Å². The van der Waals surface area contributed by atoms with Crippen molar-refractivity contribution in [2.24, 2.45) is 0 Å². The monoisotopic (exact) mass is 381 g/mol. The zero-order valence-electron chi connectivity index (χ0n) is 13.6. The molecule has 0 fully saturated rings. The molecular weight excluding hydrogens is 365 g/mol. The van der Waals surface area contributed by atoms with Gasteiger partial charge in [-0.3, -0.25) is 14.6 Å². The second kappa shape index (κ2) is 8.75. The van der Waals surface area contributed by atoms with Crippen molar-refractivity contribution < 1.29 is 9.59 Å². The molecule has 9 heteroatoms. The number of nitrogens with zero attached hydrogens (tertiary/aromatic N) is 2. The Bertz CT molecular complexity index is 743. The SMILES string of the molecule is CCC(NC)C(=O)Nc1cc(Cl)c(NC(=O)c2cnccn2)c(Cl)c1. The number of carbonyl (C=O) groups is 2. The number of benzene rings is 1. The van der Waals surface area contributed by atoms with E-state index in [9.17, 15) is 9.59 Å². The number of hydrogen-bond acceptors (Lipinski definition) is 5. The van der Waals surface area contributed by atoms with Gasteiger partial charge in [-0.2, -0.15) is 0 Å². The van der Waals surface area contributed by atoms with Gasteiger partial charge < -0.3 is 16.0 Å². The molecule has 7 nitrogen and oxygen atoms in total. The summed E-state index contributed by atoms with van der Waals surface area (Å²) in [6.45, 7) is 1.89. The number of amides is 2. The Morgan fingerprint density at radius 1 is 1.16 bits per heavy atom. The highest BCUT2D eigenvalue weighted by molar-refractivity contribution is 6.40. The van der Waals surface area contributed by atoms with Crippen LogP contribution in [0.3, 0.4) is 0 Å². The lowest BCUT2D eigenvalue weighted by Crippen LogP contribution is -2.37. The smallest absolute Gasteiger partial charge is 0.275 e. The third kappa shape index (κ3) is 4.88. The number of rotatable bonds is 6. The molecule has 0 saturated carbocycles. The predicted molar refractivity (Wildman–Crippen MR) is 98.2 cm³/mol. The van der Waals surface area contributed by atoms with E-state index in [4.69, 9.17) is 23.2 Å². The van der Waals surface area contributed by atoms with E-state index in [1.54, 1.807) is 7.05 Å². The molecule has 0 bridgehead atoms. The number of carbonyl (C=O) groups excluding carboxylic acids is 2. The predicted octanol–water partition coefficient (Wildman–Crippen LogP) is 2.97. The van der Waals surface area contributed by atoms with Gasteiger partial charge in [-0.25, -0.2) is 4.98 Å². The Morgan fingerprint density at radius 2 is 1.84 bits per heavy atom. The van der Waals surface area contributed by atoms with E-state index in [0.717, 1.165) is 0 Å². The molecule has 0 spiro atoms. The third-order valence-corrected chi connectivity index (χ3v) is 4.01. The Hall–Kier alpha value is -2.22. The van der Waals surface area contributed by atoms with Gasteiger partial charge in [0.2, 0.25) is 5.91 Å². The summed E-state index contributed by atoms with van der Waals surface area (Å²) in [6, 6.07) is 2.70. The van der Waals surface area contributed by atoms with E-state index in [1.807, 2.05) is 6.92 Å². The van der Waals surface area contributed by atoms with Gasteiger partial charge in [0.05, 0.1) is 28.0 Å². The molecule has 1 heterocycles. The summed E-state index contributed by atoms with van der Waals surface area (Å²) in [5.74, 6) is -0.691. The largest absolute Gasteiger partial charge is 0.325 e. The van der Waals surface area contributed by atoms with Crippen molar-refractivity contribution in [3.8, 4) is 0 Å². The summed E-state index contributed by atoms with van der Waals surface area (Å²) < 4.78 is 0. The maximum Gasteiger partial charge on any atom is 0.275 e. The first kappa shape index (κ1) is 19.1. The fraction of sp³-hybridized carbons (Fsp3) is 0.250. The standard InChI is InChI=1S/C16H17Cl2N5O2/c1-3-12(19-2)15(24)22-9-6-10(17)14(11(18)7-9)23-16(25)13-8-20-4-5-21-13/h4-8,12,19H,3H2,1-2H3,(H,22,24)(H,23,25). The van der Waals surface area contributed by atoms with E-state index in [2.05, 4.69) is 25.9 Å². The Balaban J connectivity index is 2.17. The minimum atomic E-state index is -0.491. The molecule has 132 valence electrons. The molecule has 2 amide bonds. The lowest BCUT2D eigenvalue weighted by atomic mass is 10.2. The van der Waals surface area contributed by atoms with Crippen LogP contribution in [0.15, 0.2) is 30.7 Å². The molecule has 0 saturated heterocycles. The summed E-state index contributed by atoms with van der Waals surface area (Å²) in [5.41, 5.74) is 0.802. The minimum Gasteiger partial charge on any atom is -0.325 e. The molecule has 0 aliphatic rings. The first-order chi connectivity index (χ1) is 12.0. The van der Waals surface area contributed by atoms with Crippen LogP contribution in [-0.2, 0) is 4.79 Å². The number of likely N-dealkylation sites (N-methyl/N-ethyl adjacent to an activating group) is 1. The van der Waals surface area contributed by atoms with Crippen LogP contribution in [0.1, 0.15) is 23.8 Å². The lowest BCUT2D eigenvalue weighted by Gasteiger charge is -2.16. The van der Waals surface area contributed by atoms with E-state index in [0.29, 0.717) is 12.1 Å². The zero-order chi connectivity index (χ0) is 18.4. The molecule has 3 N–H and O–H groups in total. The van der Waals surface area contributed by atoms with Crippen LogP contribution in [-0.4, -0.2) is 34.9 Å². The lowest BCUT2D eigenvalue weighted by molar-refractivity contribution is -0.118. The Kier molecular flexibility index (Phi) is 6.69. The average Bonchev–Trinajstić information content (AvgIpc) is 2.59. The number of nitrogens with one attached hydrogen (secondary N) is 3. The van der Waals surface area contributed by atoms with E-state index in [-0.39, 0.29) is 33.4 Å². The maximum atomic E-state index is 12.1. The number of hydrogen-bond donors (Lipinski definition) is 3. The van der Waals surface area contributed by atoms with Crippen LogP contribution < -0.4 is 16.0 Å². The third-order valence-electron chi connectivity index (χ3n) is 3.42. The van der Waals surface area contributed by atoms with Crippen LogP contribution in [0.2, 0.25) is 10.0 Å². The van der Waals surface area contributed by atoms with Crippen LogP contribution in [0, 0.1) is 0 Å². The summed E-state index contributed by atoms with van der Waals surface area (Å²) in [5, 5.41) is 8.62. The maximum absolute atomic E-state index is 12.1. The van der Waals surface area contributed by atoms with Crippen molar-refractivity contribution in [3.05, 3.63) is 46.5 Å². The van der Waals surface area contributed by atoms with Crippen LogP contribution in [0.25, 0.3) is 0 Å².